The second-order valence-electron chi connectivity index (χ2n) is 4.21. The molecule has 0 unspecified atom stereocenters. The highest BCUT2D eigenvalue weighted by Crippen LogP contribution is 2.31. The molecule has 22 heavy (non-hydrogen) atoms. The molecule has 0 saturated carbocycles. The maximum absolute atomic E-state index is 8.78. The van der Waals surface area contributed by atoms with Gasteiger partial charge in [-0.25, -0.2) is 4.99 Å². The molecule has 0 spiro atoms. The van der Waals surface area contributed by atoms with Crippen LogP contribution in [0.15, 0.2) is 58.5 Å². The Morgan fingerprint density at radius 2 is 1.68 bits per heavy atom. The summed E-state index contributed by atoms with van der Waals surface area (Å²) in [6.07, 6.45) is 0. The Morgan fingerprint density at radius 3 is 2.32 bits per heavy atom. The SMILES string of the molecule is N#Cc1ccc(Oc2ccccc2N=C(N)N=C(N)N)cc1. The Balaban J connectivity index is 2.28. The van der Waals surface area contributed by atoms with Gasteiger partial charge in [0.1, 0.15) is 11.4 Å². The van der Waals surface area contributed by atoms with E-state index in [0.29, 0.717) is 22.7 Å². The van der Waals surface area contributed by atoms with Gasteiger partial charge in [-0.3, -0.25) is 0 Å². The average molecular weight is 294 g/mol. The van der Waals surface area contributed by atoms with Crippen LogP contribution in [-0.2, 0) is 0 Å². The molecule has 0 bridgehead atoms. The van der Waals surface area contributed by atoms with E-state index in [0.717, 1.165) is 0 Å². The number of nitrogens with two attached hydrogens (primary N) is 3. The predicted octanol–water partition coefficient (Wildman–Crippen LogP) is 1.57. The van der Waals surface area contributed by atoms with Gasteiger partial charge in [0, 0.05) is 0 Å². The van der Waals surface area contributed by atoms with Crippen LogP contribution in [0, 0.1) is 11.3 Å². The summed E-state index contributed by atoms with van der Waals surface area (Å²) in [4.78, 5) is 7.75. The molecule has 0 aromatic heterocycles. The number of nitriles is 1. The highest BCUT2D eigenvalue weighted by atomic mass is 16.5. The molecular weight excluding hydrogens is 280 g/mol. The molecule has 7 nitrogen and oxygen atoms in total. The van der Waals surface area contributed by atoms with Crippen molar-refractivity contribution in [2.24, 2.45) is 27.2 Å². The number of ether oxygens (including phenoxy) is 1. The first-order chi connectivity index (χ1) is 10.6. The average Bonchev–Trinajstić information content (AvgIpc) is 2.49. The second kappa shape index (κ2) is 6.76. The summed E-state index contributed by atoms with van der Waals surface area (Å²) >= 11 is 0. The minimum atomic E-state index is -0.174. The van der Waals surface area contributed by atoms with Crippen LogP contribution in [0.2, 0.25) is 0 Å². The van der Waals surface area contributed by atoms with Crippen molar-refractivity contribution in [3.63, 3.8) is 0 Å². The topological polar surface area (TPSA) is 136 Å². The van der Waals surface area contributed by atoms with Crippen molar-refractivity contribution in [1.29, 1.82) is 5.26 Å². The first-order valence-corrected chi connectivity index (χ1v) is 6.29. The van der Waals surface area contributed by atoms with E-state index in [1.54, 1.807) is 48.5 Å². The summed E-state index contributed by atoms with van der Waals surface area (Å²) in [5.74, 6) is 0.811. The molecule has 7 heteroatoms. The highest BCUT2D eigenvalue weighted by Gasteiger charge is 2.04. The number of rotatable bonds is 3. The van der Waals surface area contributed by atoms with Crippen LogP contribution in [0.25, 0.3) is 0 Å². The molecule has 2 aromatic rings. The van der Waals surface area contributed by atoms with Gasteiger partial charge in [-0.15, -0.1) is 0 Å². The van der Waals surface area contributed by atoms with Crippen molar-refractivity contribution in [3.05, 3.63) is 54.1 Å². The Kier molecular flexibility index (Phi) is 4.57. The van der Waals surface area contributed by atoms with Crippen molar-refractivity contribution < 1.29 is 4.74 Å². The molecule has 6 N–H and O–H groups in total. The van der Waals surface area contributed by atoms with Crippen LogP contribution in [0.3, 0.4) is 0 Å². The quantitative estimate of drug-likeness (QED) is 0.583. The molecule has 0 aliphatic carbocycles. The number of aliphatic imine (C=N–C) groups is 2. The smallest absolute Gasteiger partial charge is 0.223 e. The van der Waals surface area contributed by atoms with Crippen LogP contribution < -0.4 is 21.9 Å². The Labute approximate surface area is 127 Å². The van der Waals surface area contributed by atoms with E-state index in [4.69, 9.17) is 27.2 Å². The van der Waals surface area contributed by atoms with Crippen LogP contribution in [0.1, 0.15) is 5.56 Å². The van der Waals surface area contributed by atoms with Gasteiger partial charge in [-0.05, 0) is 36.4 Å². The predicted molar refractivity (Wildman–Crippen MR) is 84.8 cm³/mol. The molecule has 0 saturated heterocycles. The number of hydrogen-bond donors (Lipinski definition) is 3. The van der Waals surface area contributed by atoms with E-state index in [2.05, 4.69) is 9.98 Å². The molecule has 0 fully saturated rings. The molecule has 0 heterocycles. The number of nitrogens with zero attached hydrogens (tertiary/aromatic N) is 3. The normalized spacial score (nSPS) is 10.6. The molecule has 0 aliphatic heterocycles. The lowest BCUT2D eigenvalue weighted by Crippen LogP contribution is -2.26. The lowest BCUT2D eigenvalue weighted by molar-refractivity contribution is 0.484. The zero-order chi connectivity index (χ0) is 15.9. The van der Waals surface area contributed by atoms with Gasteiger partial charge < -0.3 is 21.9 Å². The summed E-state index contributed by atoms with van der Waals surface area (Å²) in [6, 6.07) is 15.8. The van der Waals surface area contributed by atoms with Crippen LogP contribution >= 0.6 is 0 Å². The van der Waals surface area contributed by atoms with Crippen LogP contribution in [0.5, 0.6) is 11.5 Å². The minimum Gasteiger partial charge on any atom is -0.455 e. The fourth-order valence-corrected chi connectivity index (χ4v) is 1.64. The van der Waals surface area contributed by atoms with E-state index in [9.17, 15) is 0 Å². The maximum atomic E-state index is 8.78. The molecular formula is C15H14N6O. The standard InChI is InChI=1S/C15H14N6O/c16-9-10-5-7-11(8-6-10)22-13-4-2-1-3-12(13)20-15(19)21-14(17)18/h1-8H,(H6,17,18,19,20,21). The molecule has 0 aliphatic rings. The maximum Gasteiger partial charge on any atom is 0.223 e. The third-order valence-corrected chi connectivity index (χ3v) is 2.56. The Morgan fingerprint density at radius 1 is 1.00 bits per heavy atom. The van der Waals surface area contributed by atoms with Crippen LogP contribution in [-0.4, -0.2) is 11.9 Å². The summed E-state index contributed by atoms with van der Waals surface area (Å²) in [6.45, 7) is 0. The summed E-state index contributed by atoms with van der Waals surface area (Å²) in [5, 5.41) is 8.78. The molecule has 0 atom stereocenters. The first kappa shape index (κ1) is 14.9. The van der Waals surface area contributed by atoms with Crippen molar-refractivity contribution in [2.45, 2.75) is 0 Å². The zero-order valence-corrected chi connectivity index (χ0v) is 11.6. The second-order valence-corrected chi connectivity index (χ2v) is 4.21. The fourth-order valence-electron chi connectivity index (χ4n) is 1.64. The van der Waals surface area contributed by atoms with Crippen molar-refractivity contribution in [1.82, 2.24) is 0 Å². The van der Waals surface area contributed by atoms with Crippen molar-refractivity contribution in [2.75, 3.05) is 0 Å². The van der Waals surface area contributed by atoms with E-state index in [-0.39, 0.29) is 11.9 Å². The lowest BCUT2D eigenvalue weighted by atomic mass is 10.2. The number of hydrogen-bond acceptors (Lipinski definition) is 3. The van der Waals surface area contributed by atoms with Gasteiger partial charge >= 0.3 is 0 Å². The Hall–Kier alpha value is -3.53. The Bertz CT molecular complexity index is 754. The van der Waals surface area contributed by atoms with Crippen molar-refractivity contribution >= 4 is 17.6 Å². The van der Waals surface area contributed by atoms with Crippen LogP contribution in [0.4, 0.5) is 5.69 Å². The van der Waals surface area contributed by atoms with E-state index < -0.39 is 0 Å². The number of benzene rings is 2. The van der Waals surface area contributed by atoms with Crippen molar-refractivity contribution in [3.8, 4) is 17.6 Å². The third kappa shape index (κ3) is 3.98. The summed E-state index contributed by atoms with van der Waals surface area (Å²) in [5.41, 5.74) is 17.1. The number of para-hydroxylation sites is 2. The highest BCUT2D eigenvalue weighted by molar-refractivity contribution is 5.93. The van der Waals surface area contributed by atoms with Gasteiger partial charge in [-0.2, -0.15) is 10.3 Å². The molecule has 2 aromatic carbocycles. The summed E-state index contributed by atoms with van der Waals surface area (Å²) in [7, 11) is 0. The minimum absolute atomic E-state index is 0.0733. The molecule has 110 valence electrons. The molecule has 0 amide bonds. The van der Waals surface area contributed by atoms with E-state index >= 15 is 0 Å². The first-order valence-electron chi connectivity index (χ1n) is 6.29. The van der Waals surface area contributed by atoms with Gasteiger partial charge in [0.25, 0.3) is 0 Å². The largest absolute Gasteiger partial charge is 0.455 e. The number of guanidine groups is 2. The monoisotopic (exact) mass is 294 g/mol. The van der Waals surface area contributed by atoms with Gasteiger partial charge in [-0.1, -0.05) is 12.1 Å². The molecule has 2 rings (SSSR count). The van der Waals surface area contributed by atoms with Gasteiger partial charge in [0.2, 0.25) is 5.96 Å². The van der Waals surface area contributed by atoms with E-state index in [1.165, 1.54) is 0 Å². The fraction of sp³-hybridized carbons (Fsp3) is 0. The van der Waals surface area contributed by atoms with E-state index in [1.807, 2.05) is 6.07 Å². The zero-order valence-electron chi connectivity index (χ0n) is 11.6. The van der Waals surface area contributed by atoms with Gasteiger partial charge in [0.05, 0.1) is 11.6 Å². The third-order valence-electron chi connectivity index (χ3n) is 2.56. The summed E-state index contributed by atoms with van der Waals surface area (Å²) < 4.78 is 5.73. The van der Waals surface area contributed by atoms with Gasteiger partial charge in [0.15, 0.2) is 11.7 Å². The molecule has 0 radical (unpaired) electrons. The lowest BCUT2D eigenvalue weighted by Gasteiger charge is -2.08.